The number of pyridine rings is 2. The lowest BCUT2D eigenvalue weighted by Gasteiger charge is -2.35. The van der Waals surface area contributed by atoms with Gasteiger partial charge in [-0.1, -0.05) is 17.7 Å². The Labute approximate surface area is 146 Å². The summed E-state index contributed by atoms with van der Waals surface area (Å²) in [5.74, 6) is 1.38. The van der Waals surface area contributed by atoms with Gasteiger partial charge in [0.15, 0.2) is 0 Å². The van der Waals surface area contributed by atoms with E-state index in [2.05, 4.69) is 25.8 Å². The van der Waals surface area contributed by atoms with Crippen molar-refractivity contribution in [3.8, 4) is 11.9 Å². The average molecular weight is 344 g/mol. The SMILES string of the molecule is COc1cccc(CN2CCN(c3ncc(C#N)cc3Cl)CC2)n1. The number of nitrogens with zero attached hydrogens (tertiary/aromatic N) is 5. The molecule has 1 fully saturated rings. The Morgan fingerprint density at radius 2 is 2.08 bits per heavy atom. The molecule has 3 heterocycles. The molecule has 0 aliphatic carbocycles. The van der Waals surface area contributed by atoms with Gasteiger partial charge < -0.3 is 9.64 Å². The van der Waals surface area contributed by atoms with E-state index in [0.717, 1.165) is 44.2 Å². The van der Waals surface area contributed by atoms with Gasteiger partial charge in [0.2, 0.25) is 5.88 Å². The summed E-state index contributed by atoms with van der Waals surface area (Å²) in [6.45, 7) is 4.26. The fourth-order valence-electron chi connectivity index (χ4n) is 2.73. The van der Waals surface area contributed by atoms with Crippen LogP contribution in [0.25, 0.3) is 0 Å². The molecule has 0 aromatic carbocycles. The molecule has 24 heavy (non-hydrogen) atoms. The van der Waals surface area contributed by atoms with Crippen LogP contribution in [0.2, 0.25) is 5.02 Å². The third-order valence-electron chi connectivity index (χ3n) is 4.00. The van der Waals surface area contributed by atoms with Gasteiger partial charge in [-0.05, 0) is 12.1 Å². The molecule has 0 N–H and O–H groups in total. The first-order valence-electron chi connectivity index (χ1n) is 7.72. The van der Waals surface area contributed by atoms with Crippen LogP contribution in [-0.4, -0.2) is 48.2 Å². The van der Waals surface area contributed by atoms with Crippen molar-refractivity contribution in [1.29, 1.82) is 5.26 Å². The predicted molar refractivity (Wildman–Crippen MR) is 92.2 cm³/mol. The summed E-state index contributed by atoms with van der Waals surface area (Å²) in [5, 5.41) is 9.42. The molecular formula is C17H18ClN5O. The number of halogens is 1. The van der Waals surface area contributed by atoms with Gasteiger partial charge in [-0.15, -0.1) is 0 Å². The Morgan fingerprint density at radius 3 is 2.75 bits per heavy atom. The van der Waals surface area contributed by atoms with Crippen molar-refractivity contribution in [2.24, 2.45) is 0 Å². The van der Waals surface area contributed by atoms with Crippen molar-refractivity contribution in [3.05, 3.63) is 46.7 Å². The fraction of sp³-hybridized carbons (Fsp3) is 0.353. The Balaban J connectivity index is 1.60. The first-order valence-corrected chi connectivity index (χ1v) is 8.10. The molecular weight excluding hydrogens is 326 g/mol. The van der Waals surface area contributed by atoms with Crippen LogP contribution in [-0.2, 0) is 6.54 Å². The minimum atomic E-state index is 0.478. The van der Waals surface area contributed by atoms with Gasteiger partial charge in [-0.3, -0.25) is 4.90 Å². The highest BCUT2D eigenvalue weighted by atomic mass is 35.5. The Hall–Kier alpha value is -2.36. The van der Waals surface area contributed by atoms with Gasteiger partial charge in [0.05, 0.1) is 23.4 Å². The Kier molecular flexibility index (Phi) is 5.14. The molecule has 0 radical (unpaired) electrons. The Bertz CT molecular complexity index is 753. The van der Waals surface area contributed by atoms with E-state index in [4.69, 9.17) is 21.6 Å². The van der Waals surface area contributed by atoms with Crippen molar-refractivity contribution in [2.75, 3.05) is 38.2 Å². The first kappa shape index (κ1) is 16.5. The average Bonchev–Trinajstić information content (AvgIpc) is 2.62. The molecule has 2 aromatic heterocycles. The zero-order chi connectivity index (χ0) is 16.9. The highest BCUT2D eigenvalue weighted by Gasteiger charge is 2.20. The van der Waals surface area contributed by atoms with Crippen LogP contribution in [0.3, 0.4) is 0 Å². The summed E-state index contributed by atoms with van der Waals surface area (Å²) in [6.07, 6.45) is 1.56. The van der Waals surface area contributed by atoms with Gasteiger partial charge in [0.1, 0.15) is 11.9 Å². The van der Waals surface area contributed by atoms with Crippen LogP contribution in [0.1, 0.15) is 11.3 Å². The fourth-order valence-corrected chi connectivity index (χ4v) is 3.02. The van der Waals surface area contributed by atoms with Crippen molar-refractivity contribution in [1.82, 2.24) is 14.9 Å². The number of anilines is 1. The number of nitriles is 1. The third kappa shape index (κ3) is 3.75. The van der Waals surface area contributed by atoms with E-state index >= 15 is 0 Å². The molecule has 2 aromatic rings. The number of ether oxygens (including phenoxy) is 1. The van der Waals surface area contributed by atoms with E-state index < -0.39 is 0 Å². The van der Waals surface area contributed by atoms with Crippen LogP contribution in [0.4, 0.5) is 5.82 Å². The molecule has 6 nitrogen and oxygen atoms in total. The lowest BCUT2D eigenvalue weighted by Crippen LogP contribution is -2.46. The van der Waals surface area contributed by atoms with Gasteiger partial charge in [-0.25, -0.2) is 9.97 Å². The van der Waals surface area contributed by atoms with E-state index in [1.165, 1.54) is 0 Å². The number of hydrogen-bond acceptors (Lipinski definition) is 6. The first-order chi connectivity index (χ1) is 11.7. The smallest absolute Gasteiger partial charge is 0.213 e. The van der Waals surface area contributed by atoms with Crippen molar-refractivity contribution < 1.29 is 4.74 Å². The highest BCUT2D eigenvalue weighted by Crippen LogP contribution is 2.25. The summed E-state index contributed by atoms with van der Waals surface area (Å²) in [5.41, 5.74) is 1.48. The molecule has 0 amide bonds. The summed E-state index contributed by atoms with van der Waals surface area (Å²) in [6, 6.07) is 9.53. The zero-order valence-electron chi connectivity index (χ0n) is 13.4. The monoisotopic (exact) mass is 343 g/mol. The van der Waals surface area contributed by atoms with E-state index in [1.807, 2.05) is 18.2 Å². The van der Waals surface area contributed by atoms with Gasteiger partial charge in [0.25, 0.3) is 0 Å². The van der Waals surface area contributed by atoms with Crippen LogP contribution in [0, 0.1) is 11.3 Å². The summed E-state index contributed by atoms with van der Waals surface area (Å²) < 4.78 is 5.17. The van der Waals surface area contributed by atoms with Gasteiger partial charge in [-0.2, -0.15) is 5.26 Å². The van der Waals surface area contributed by atoms with E-state index in [0.29, 0.717) is 16.5 Å². The van der Waals surface area contributed by atoms with E-state index in [-0.39, 0.29) is 0 Å². The molecule has 1 aliphatic rings. The highest BCUT2D eigenvalue weighted by molar-refractivity contribution is 6.33. The van der Waals surface area contributed by atoms with Crippen LogP contribution in [0.15, 0.2) is 30.5 Å². The summed E-state index contributed by atoms with van der Waals surface area (Å²) in [4.78, 5) is 13.3. The van der Waals surface area contributed by atoms with Crippen molar-refractivity contribution in [3.63, 3.8) is 0 Å². The molecule has 0 saturated carbocycles. The molecule has 0 unspecified atom stereocenters. The maximum absolute atomic E-state index is 8.89. The normalized spacial score (nSPS) is 15.1. The van der Waals surface area contributed by atoms with Gasteiger partial charge >= 0.3 is 0 Å². The standard InChI is InChI=1S/C17H18ClN5O/c1-24-16-4-2-3-14(21-16)12-22-5-7-23(8-6-22)17-15(18)9-13(10-19)11-20-17/h2-4,9,11H,5-8,12H2,1H3. The number of methoxy groups -OCH3 is 1. The van der Waals surface area contributed by atoms with E-state index in [9.17, 15) is 0 Å². The topological polar surface area (TPSA) is 65.3 Å². The molecule has 0 spiro atoms. The van der Waals surface area contributed by atoms with Crippen LogP contribution >= 0.6 is 11.6 Å². The van der Waals surface area contributed by atoms with Crippen LogP contribution < -0.4 is 9.64 Å². The van der Waals surface area contributed by atoms with Crippen molar-refractivity contribution in [2.45, 2.75) is 6.54 Å². The summed E-state index contributed by atoms with van der Waals surface area (Å²) >= 11 is 6.25. The maximum Gasteiger partial charge on any atom is 0.213 e. The number of piperazine rings is 1. The maximum atomic E-state index is 8.89. The molecule has 1 aliphatic heterocycles. The molecule has 124 valence electrons. The second kappa shape index (κ2) is 7.47. The lowest BCUT2D eigenvalue weighted by atomic mass is 10.2. The molecule has 0 atom stereocenters. The minimum Gasteiger partial charge on any atom is -0.481 e. The van der Waals surface area contributed by atoms with Crippen LogP contribution in [0.5, 0.6) is 5.88 Å². The quantitative estimate of drug-likeness (QED) is 0.849. The predicted octanol–water partition coefficient (Wildman–Crippen LogP) is 2.33. The number of hydrogen-bond donors (Lipinski definition) is 0. The second-order valence-electron chi connectivity index (χ2n) is 5.58. The number of aromatic nitrogens is 2. The summed E-state index contributed by atoms with van der Waals surface area (Å²) in [7, 11) is 1.62. The number of rotatable bonds is 4. The third-order valence-corrected chi connectivity index (χ3v) is 4.28. The lowest BCUT2D eigenvalue weighted by molar-refractivity contribution is 0.245. The molecule has 0 bridgehead atoms. The largest absolute Gasteiger partial charge is 0.481 e. The minimum absolute atomic E-state index is 0.478. The van der Waals surface area contributed by atoms with E-state index in [1.54, 1.807) is 19.4 Å². The molecule has 1 saturated heterocycles. The van der Waals surface area contributed by atoms with Crippen molar-refractivity contribution >= 4 is 17.4 Å². The Morgan fingerprint density at radius 1 is 1.29 bits per heavy atom. The second-order valence-corrected chi connectivity index (χ2v) is 5.98. The molecule has 3 rings (SSSR count). The molecule has 7 heteroatoms. The zero-order valence-corrected chi connectivity index (χ0v) is 14.2. The van der Waals surface area contributed by atoms with Gasteiger partial charge in [0, 0.05) is 45.0 Å².